The summed E-state index contributed by atoms with van der Waals surface area (Å²) in [5.41, 5.74) is 4.11. The van der Waals surface area contributed by atoms with Crippen molar-refractivity contribution in [2.75, 3.05) is 7.11 Å². The van der Waals surface area contributed by atoms with Gasteiger partial charge in [-0.1, -0.05) is 23.1 Å². The first-order chi connectivity index (χ1) is 12.4. The second kappa shape index (κ2) is 7.04. The number of benzene rings is 1. The Labute approximate surface area is 152 Å². The molecule has 0 amide bonds. The number of rotatable bonds is 2. The maximum Gasteiger partial charge on any atom is 0.318 e. The van der Waals surface area contributed by atoms with Gasteiger partial charge in [-0.05, 0) is 51.3 Å². The number of aryl methyl sites for hydroxylation is 1. The van der Waals surface area contributed by atoms with Crippen LogP contribution in [-0.2, 0) is 16.1 Å². The Morgan fingerprint density at radius 1 is 1.27 bits per heavy atom. The third-order valence-corrected chi connectivity index (χ3v) is 4.00. The standard InChI is InChI=1S/C20H21N3O3/c1-20(2,3)19(24)26-18-15(12-21-22-18)7-5-13-6-9-16-14(11-13)8-10-17(16)23-25-4/h6,9,11-12H,8,10H2,1-4H3,(H,21,22). The minimum Gasteiger partial charge on any atom is -0.404 e. The molecule has 1 aromatic carbocycles. The minimum atomic E-state index is -0.606. The largest absolute Gasteiger partial charge is 0.404 e. The molecule has 1 heterocycles. The van der Waals surface area contributed by atoms with Crippen LogP contribution in [0.5, 0.6) is 5.88 Å². The summed E-state index contributed by atoms with van der Waals surface area (Å²) in [5, 5.41) is 10.7. The van der Waals surface area contributed by atoms with E-state index in [0.717, 1.165) is 29.7 Å². The van der Waals surface area contributed by atoms with Gasteiger partial charge in [-0.3, -0.25) is 9.89 Å². The number of aromatic amines is 1. The molecule has 0 saturated heterocycles. The van der Waals surface area contributed by atoms with Gasteiger partial charge < -0.3 is 9.57 Å². The third-order valence-electron chi connectivity index (χ3n) is 4.00. The quantitative estimate of drug-likeness (QED) is 0.512. The number of hydrogen-bond donors (Lipinski definition) is 1. The lowest BCUT2D eigenvalue weighted by Gasteiger charge is -2.14. The number of aromatic nitrogens is 2. The number of oxime groups is 1. The molecule has 6 heteroatoms. The van der Waals surface area contributed by atoms with Gasteiger partial charge in [-0.25, -0.2) is 0 Å². The van der Waals surface area contributed by atoms with E-state index >= 15 is 0 Å². The maximum absolute atomic E-state index is 12.0. The van der Waals surface area contributed by atoms with E-state index in [0.29, 0.717) is 5.56 Å². The van der Waals surface area contributed by atoms with Crippen molar-refractivity contribution in [2.45, 2.75) is 33.6 Å². The number of fused-ring (bicyclic) bond motifs is 1. The van der Waals surface area contributed by atoms with Gasteiger partial charge in [0.15, 0.2) is 0 Å². The van der Waals surface area contributed by atoms with E-state index in [2.05, 4.69) is 33.3 Å². The Balaban J connectivity index is 1.81. The van der Waals surface area contributed by atoms with Crippen molar-refractivity contribution < 1.29 is 14.4 Å². The Morgan fingerprint density at radius 3 is 2.81 bits per heavy atom. The Bertz CT molecular complexity index is 924. The van der Waals surface area contributed by atoms with Crippen LogP contribution in [0, 0.1) is 17.3 Å². The van der Waals surface area contributed by atoms with Crippen molar-refractivity contribution >= 4 is 11.7 Å². The number of hydrogen-bond acceptors (Lipinski definition) is 5. The summed E-state index contributed by atoms with van der Waals surface area (Å²) in [6.45, 7) is 5.37. The fourth-order valence-electron chi connectivity index (χ4n) is 2.58. The zero-order valence-electron chi connectivity index (χ0n) is 15.3. The summed E-state index contributed by atoms with van der Waals surface area (Å²) < 4.78 is 5.34. The zero-order valence-corrected chi connectivity index (χ0v) is 15.3. The molecule has 134 valence electrons. The molecule has 1 aromatic heterocycles. The SMILES string of the molecule is CON=C1CCc2cc(C#Cc3c[nH]nc3OC(=O)C(C)(C)C)ccc21. The first-order valence-corrected chi connectivity index (χ1v) is 8.40. The van der Waals surface area contributed by atoms with E-state index < -0.39 is 5.41 Å². The monoisotopic (exact) mass is 351 g/mol. The zero-order chi connectivity index (χ0) is 18.7. The van der Waals surface area contributed by atoms with Crippen molar-refractivity contribution in [3.8, 4) is 17.7 Å². The minimum absolute atomic E-state index is 0.202. The summed E-state index contributed by atoms with van der Waals surface area (Å²) >= 11 is 0. The van der Waals surface area contributed by atoms with Crippen molar-refractivity contribution in [1.82, 2.24) is 10.2 Å². The average Bonchev–Trinajstić information content (AvgIpc) is 3.19. The number of carbonyl (C=O) groups excluding carboxylic acids is 1. The molecular formula is C20H21N3O3. The lowest BCUT2D eigenvalue weighted by molar-refractivity contribution is -0.143. The fourth-order valence-corrected chi connectivity index (χ4v) is 2.58. The van der Waals surface area contributed by atoms with E-state index in [1.165, 1.54) is 5.56 Å². The molecule has 6 nitrogen and oxygen atoms in total. The summed E-state index contributed by atoms with van der Waals surface area (Å²) in [6.07, 6.45) is 3.41. The molecule has 1 aliphatic rings. The van der Waals surface area contributed by atoms with Gasteiger partial charge >= 0.3 is 5.97 Å². The highest BCUT2D eigenvalue weighted by atomic mass is 16.6. The molecule has 0 bridgehead atoms. The summed E-state index contributed by atoms with van der Waals surface area (Å²) in [7, 11) is 1.56. The van der Waals surface area contributed by atoms with Gasteiger partial charge in [-0.2, -0.15) is 0 Å². The van der Waals surface area contributed by atoms with Crippen molar-refractivity contribution in [1.29, 1.82) is 0 Å². The number of nitrogens with zero attached hydrogens (tertiary/aromatic N) is 2. The highest BCUT2D eigenvalue weighted by molar-refractivity contribution is 6.04. The van der Waals surface area contributed by atoms with Crippen molar-refractivity contribution in [3.05, 3.63) is 46.6 Å². The molecule has 0 radical (unpaired) electrons. The average molecular weight is 351 g/mol. The van der Waals surface area contributed by atoms with Gasteiger partial charge in [-0.15, -0.1) is 5.10 Å². The van der Waals surface area contributed by atoms with Crippen LogP contribution in [0.1, 0.15) is 49.4 Å². The molecular weight excluding hydrogens is 330 g/mol. The number of H-pyrrole nitrogens is 1. The second-order valence-electron chi connectivity index (χ2n) is 7.09. The van der Waals surface area contributed by atoms with Crippen LogP contribution in [0.2, 0.25) is 0 Å². The van der Waals surface area contributed by atoms with Crippen LogP contribution in [-0.4, -0.2) is 29.0 Å². The molecule has 2 aromatic rings. The molecule has 26 heavy (non-hydrogen) atoms. The lowest BCUT2D eigenvalue weighted by Crippen LogP contribution is -2.25. The Morgan fingerprint density at radius 2 is 2.08 bits per heavy atom. The highest BCUT2D eigenvalue weighted by Crippen LogP contribution is 2.24. The number of nitrogens with one attached hydrogen (secondary N) is 1. The molecule has 0 aliphatic heterocycles. The fraction of sp³-hybridized carbons (Fsp3) is 0.350. The van der Waals surface area contributed by atoms with Crippen LogP contribution in [0.25, 0.3) is 0 Å². The third kappa shape index (κ3) is 3.77. The number of ether oxygens (including phenoxy) is 1. The first kappa shape index (κ1) is 17.7. The van der Waals surface area contributed by atoms with Crippen LogP contribution in [0.4, 0.5) is 0 Å². The molecule has 0 fully saturated rings. The van der Waals surface area contributed by atoms with Crippen LogP contribution in [0.15, 0.2) is 29.6 Å². The predicted octanol–water partition coefficient (Wildman–Crippen LogP) is 3.06. The van der Waals surface area contributed by atoms with Crippen LogP contribution < -0.4 is 4.74 Å². The molecule has 3 rings (SSSR count). The second-order valence-corrected chi connectivity index (χ2v) is 7.09. The summed E-state index contributed by atoms with van der Waals surface area (Å²) in [5.74, 6) is 5.97. The van der Waals surface area contributed by atoms with E-state index in [4.69, 9.17) is 9.57 Å². The van der Waals surface area contributed by atoms with Gasteiger partial charge in [0.2, 0.25) is 0 Å². The summed E-state index contributed by atoms with van der Waals surface area (Å²) in [4.78, 5) is 16.9. The number of esters is 1. The Hall–Kier alpha value is -3.07. The van der Waals surface area contributed by atoms with Gasteiger partial charge in [0.1, 0.15) is 12.7 Å². The van der Waals surface area contributed by atoms with E-state index in [1.54, 1.807) is 34.1 Å². The smallest absolute Gasteiger partial charge is 0.318 e. The lowest BCUT2D eigenvalue weighted by atomic mass is 9.97. The van der Waals surface area contributed by atoms with Gasteiger partial charge in [0.05, 0.1) is 11.1 Å². The van der Waals surface area contributed by atoms with E-state index in [-0.39, 0.29) is 11.8 Å². The molecule has 0 saturated carbocycles. The normalized spacial score (nSPS) is 14.5. The van der Waals surface area contributed by atoms with Crippen molar-refractivity contribution in [2.24, 2.45) is 10.6 Å². The van der Waals surface area contributed by atoms with Crippen LogP contribution in [0.3, 0.4) is 0 Å². The maximum atomic E-state index is 12.0. The molecule has 1 N–H and O–H groups in total. The van der Waals surface area contributed by atoms with Gasteiger partial charge in [0.25, 0.3) is 5.88 Å². The van der Waals surface area contributed by atoms with E-state index in [9.17, 15) is 4.79 Å². The van der Waals surface area contributed by atoms with Crippen molar-refractivity contribution in [3.63, 3.8) is 0 Å². The van der Waals surface area contributed by atoms with Crippen LogP contribution >= 0.6 is 0 Å². The highest BCUT2D eigenvalue weighted by Gasteiger charge is 2.25. The predicted molar refractivity (Wildman–Crippen MR) is 98.0 cm³/mol. The molecule has 1 aliphatic carbocycles. The summed E-state index contributed by atoms with van der Waals surface area (Å²) in [6, 6.07) is 6.02. The van der Waals surface area contributed by atoms with E-state index in [1.807, 2.05) is 12.1 Å². The Kier molecular flexibility index (Phi) is 4.81. The number of carbonyl (C=O) groups is 1. The molecule has 0 spiro atoms. The molecule has 0 atom stereocenters. The topological polar surface area (TPSA) is 76.6 Å². The van der Waals surface area contributed by atoms with Gasteiger partial charge in [0, 0.05) is 17.3 Å². The first-order valence-electron chi connectivity index (χ1n) is 8.40. The molecule has 0 unspecified atom stereocenters.